The predicted octanol–water partition coefficient (Wildman–Crippen LogP) is 5.43. The van der Waals surface area contributed by atoms with Crippen molar-refractivity contribution in [3.05, 3.63) is 88.9 Å². The molecule has 1 fully saturated rings. The van der Waals surface area contributed by atoms with E-state index in [-0.39, 0.29) is 0 Å². The summed E-state index contributed by atoms with van der Waals surface area (Å²) in [7, 11) is 0. The molecule has 1 aromatic carbocycles. The molecule has 1 aliphatic carbocycles. The van der Waals surface area contributed by atoms with E-state index in [4.69, 9.17) is 15.7 Å². The Morgan fingerprint density at radius 1 is 1.03 bits per heavy atom. The summed E-state index contributed by atoms with van der Waals surface area (Å²) in [4.78, 5) is 22.0. The lowest BCUT2D eigenvalue weighted by Gasteiger charge is -2.15. The van der Waals surface area contributed by atoms with Crippen molar-refractivity contribution in [1.29, 1.82) is 0 Å². The first kappa shape index (κ1) is 21.8. The molecule has 0 radical (unpaired) electrons. The number of nitrogens with zero attached hydrogens (tertiary/aromatic N) is 5. The van der Waals surface area contributed by atoms with Gasteiger partial charge in [-0.1, -0.05) is 6.07 Å². The fraction of sp³-hybridized carbons (Fsp3) is 0.241. The van der Waals surface area contributed by atoms with E-state index in [1.165, 1.54) is 35.1 Å². The van der Waals surface area contributed by atoms with Gasteiger partial charge in [-0.3, -0.25) is 0 Å². The smallest absolute Gasteiger partial charge is 0.154 e. The lowest BCUT2D eigenvalue weighted by Crippen LogP contribution is -2.06. The average molecular weight is 489 g/mol. The Balaban J connectivity index is 1.16. The summed E-state index contributed by atoms with van der Waals surface area (Å²) in [6, 6.07) is 10.4. The first-order chi connectivity index (χ1) is 18.0. The number of aryl methyl sites for hydroxylation is 2. The molecule has 6 aromatic rings. The highest BCUT2D eigenvalue weighted by Gasteiger charge is 2.24. The van der Waals surface area contributed by atoms with Crippen molar-refractivity contribution in [1.82, 2.24) is 29.3 Å². The van der Waals surface area contributed by atoms with Crippen molar-refractivity contribution < 1.29 is 0 Å². The molecule has 5 heterocycles. The van der Waals surface area contributed by atoms with Gasteiger partial charge in [0.1, 0.15) is 22.8 Å². The first-order valence-corrected chi connectivity index (χ1v) is 12.7. The van der Waals surface area contributed by atoms with E-state index in [0.717, 1.165) is 50.7 Å². The van der Waals surface area contributed by atoms with E-state index < -0.39 is 0 Å². The van der Waals surface area contributed by atoms with Crippen LogP contribution in [-0.2, 0) is 13.0 Å². The number of hydrogen-bond acceptors (Lipinski definition) is 6. The SMILES string of the molecule is Cc1cc2c(N)nccc2c(C)c1CNc1nccc2[nH]c(Cc3cn4cc(C5CC5)ccc4n3)nc12. The van der Waals surface area contributed by atoms with Crippen LogP contribution in [0.3, 0.4) is 0 Å². The third kappa shape index (κ3) is 3.85. The van der Waals surface area contributed by atoms with E-state index in [2.05, 4.69) is 69.1 Å². The summed E-state index contributed by atoms with van der Waals surface area (Å²) in [6.07, 6.45) is 11.1. The highest BCUT2D eigenvalue weighted by molar-refractivity contribution is 5.94. The molecule has 5 aromatic heterocycles. The number of fused-ring (bicyclic) bond motifs is 3. The van der Waals surface area contributed by atoms with Crippen LogP contribution < -0.4 is 11.1 Å². The quantitative estimate of drug-likeness (QED) is 0.288. The van der Waals surface area contributed by atoms with Gasteiger partial charge in [0.2, 0.25) is 0 Å². The van der Waals surface area contributed by atoms with Crippen LogP contribution in [0.2, 0.25) is 0 Å². The predicted molar refractivity (Wildman–Crippen MR) is 147 cm³/mol. The number of pyridine rings is 3. The molecule has 184 valence electrons. The summed E-state index contributed by atoms with van der Waals surface area (Å²) < 4.78 is 2.14. The number of nitrogens with one attached hydrogen (secondary N) is 2. The normalized spacial score (nSPS) is 13.7. The summed E-state index contributed by atoms with van der Waals surface area (Å²) >= 11 is 0. The van der Waals surface area contributed by atoms with Gasteiger partial charge in [0, 0.05) is 43.1 Å². The third-order valence-electron chi connectivity index (χ3n) is 7.52. The molecule has 0 unspecified atom stereocenters. The number of nitrogens with two attached hydrogens (primary N) is 1. The van der Waals surface area contributed by atoms with Crippen LogP contribution in [0.1, 0.15) is 52.5 Å². The van der Waals surface area contributed by atoms with E-state index >= 15 is 0 Å². The molecular weight excluding hydrogens is 460 g/mol. The number of hydrogen-bond donors (Lipinski definition) is 3. The second-order valence-corrected chi connectivity index (χ2v) is 10.1. The number of H-pyrrole nitrogens is 1. The number of rotatable bonds is 6. The van der Waals surface area contributed by atoms with Crippen molar-refractivity contribution in [3.8, 4) is 0 Å². The number of nitrogen functional groups attached to an aromatic ring is 1. The summed E-state index contributed by atoms with van der Waals surface area (Å²) in [5.41, 5.74) is 14.9. The van der Waals surface area contributed by atoms with Crippen molar-refractivity contribution in [2.24, 2.45) is 0 Å². The largest absolute Gasteiger partial charge is 0.383 e. The Morgan fingerprint density at radius 2 is 1.89 bits per heavy atom. The van der Waals surface area contributed by atoms with Crippen LogP contribution >= 0.6 is 0 Å². The molecule has 0 amide bonds. The second-order valence-electron chi connectivity index (χ2n) is 10.1. The number of benzene rings is 1. The van der Waals surface area contributed by atoms with Crippen LogP contribution in [0, 0.1) is 13.8 Å². The van der Waals surface area contributed by atoms with Crippen molar-refractivity contribution in [2.75, 3.05) is 11.1 Å². The Labute approximate surface area is 214 Å². The molecule has 0 atom stereocenters. The maximum atomic E-state index is 6.12. The standard InChI is InChI=1S/C29H28N8/c1-16-11-22-21(7-9-31-28(22)30)17(2)23(16)13-33-29-27-24(8-10-32-29)35-25(36-27)12-20-15-37-14-19(18-3-4-18)5-6-26(37)34-20/h5-11,14-15,18H,3-4,12-13H2,1-2H3,(H2,30,31)(H,32,33)(H,35,36). The molecule has 0 aliphatic heterocycles. The molecule has 4 N–H and O–H groups in total. The van der Waals surface area contributed by atoms with Crippen LogP contribution in [-0.4, -0.2) is 29.3 Å². The number of aromatic nitrogens is 6. The fourth-order valence-electron chi connectivity index (χ4n) is 5.35. The maximum Gasteiger partial charge on any atom is 0.154 e. The minimum Gasteiger partial charge on any atom is -0.383 e. The Bertz CT molecular complexity index is 1810. The zero-order valence-electron chi connectivity index (χ0n) is 20.9. The molecule has 1 saturated carbocycles. The average Bonchev–Trinajstić information content (AvgIpc) is 3.53. The molecule has 8 heteroatoms. The number of imidazole rings is 2. The number of aromatic amines is 1. The second kappa shape index (κ2) is 8.30. The van der Waals surface area contributed by atoms with Gasteiger partial charge in [-0.2, -0.15) is 0 Å². The van der Waals surface area contributed by atoms with Gasteiger partial charge in [-0.25, -0.2) is 19.9 Å². The van der Waals surface area contributed by atoms with Gasteiger partial charge in [-0.05, 0) is 84.5 Å². The molecule has 0 bridgehead atoms. The minimum atomic E-state index is 0.563. The lowest BCUT2D eigenvalue weighted by molar-refractivity contribution is 1.00. The van der Waals surface area contributed by atoms with Crippen LogP contribution in [0.4, 0.5) is 11.6 Å². The minimum absolute atomic E-state index is 0.563. The highest BCUT2D eigenvalue weighted by Crippen LogP contribution is 2.40. The summed E-state index contributed by atoms with van der Waals surface area (Å²) in [5, 5.41) is 5.65. The summed E-state index contributed by atoms with van der Waals surface area (Å²) in [6.45, 7) is 4.88. The number of anilines is 2. The van der Waals surface area contributed by atoms with Gasteiger partial charge < -0.3 is 20.4 Å². The highest BCUT2D eigenvalue weighted by atomic mass is 15.0. The van der Waals surface area contributed by atoms with Crippen molar-refractivity contribution in [3.63, 3.8) is 0 Å². The van der Waals surface area contributed by atoms with Crippen molar-refractivity contribution in [2.45, 2.75) is 45.6 Å². The Kier molecular flexibility index (Phi) is 4.89. The van der Waals surface area contributed by atoms with E-state index in [1.807, 2.05) is 18.3 Å². The van der Waals surface area contributed by atoms with Gasteiger partial charge in [0.15, 0.2) is 5.82 Å². The molecule has 0 spiro atoms. The van der Waals surface area contributed by atoms with Gasteiger partial charge in [0.25, 0.3) is 0 Å². The van der Waals surface area contributed by atoms with E-state index in [1.54, 1.807) is 6.20 Å². The zero-order chi connectivity index (χ0) is 25.1. The van der Waals surface area contributed by atoms with E-state index in [0.29, 0.717) is 18.8 Å². The van der Waals surface area contributed by atoms with Gasteiger partial charge >= 0.3 is 0 Å². The van der Waals surface area contributed by atoms with E-state index in [9.17, 15) is 0 Å². The molecular formula is C29H28N8. The third-order valence-corrected chi connectivity index (χ3v) is 7.52. The van der Waals surface area contributed by atoms with Crippen molar-refractivity contribution >= 4 is 39.1 Å². The first-order valence-electron chi connectivity index (χ1n) is 12.7. The van der Waals surface area contributed by atoms with Gasteiger partial charge in [0.05, 0.1) is 11.2 Å². The fourth-order valence-corrected chi connectivity index (χ4v) is 5.35. The van der Waals surface area contributed by atoms with Crippen LogP contribution in [0.5, 0.6) is 0 Å². The Hall–Kier alpha value is -4.46. The topological polar surface area (TPSA) is 110 Å². The summed E-state index contributed by atoms with van der Waals surface area (Å²) in [5.74, 6) is 2.92. The molecule has 7 rings (SSSR count). The zero-order valence-corrected chi connectivity index (χ0v) is 20.9. The molecule has 1 aliphatic rings. The van der Waals surface area contributed by atoms with Crippen LogP contribution in [0.15, 0.2) is 55.1 Å². The monoisotopic (exact) mass is 488 g/mol. The molecule has 0 saturated heterocycles. The molecule has 8 nitrogen and oxygen atoms in total. The maximum absolute atomic E-state index is 6.12. The molecule has 37 heavy (non-hydrogen) atoms. The Morgan fingerprint density at radius 3 is 2.76 bits per heavy atom. The van der Waals surface area contributed by atoms with Gasteiger partial charge in [-0.15, -0.1) is 0 Å². The van der Waals surface area contributed by atoms with Crippen LogP contribution in [0.25, 0.3) is 27.5 Å². The lowest BCUT2D eigenvalue weighted by atomic mass is 9.96.